The normalized spacial score (nSPS) is 11.6. The van der Waals surface area contributed by atoms with Crippen LogP contribution in [0.3, 0.4) is 0 Å². The molecule has 1 aromatic carbocycles. The van der Waals surface area contributed by atoms with Crippen LogP contribution in [-0.2, 0) is 16.6 Å². The molecule has 0 aliphatic heterocycles. The molecule has 2 aromatic rings. The smallest absolute Gasteiger partial charge is 0.262 e. The fraction of sp³-hybridized carbons (Fsp3) is 0.357. The topological polar surface area (TPSA) is 86.9 Å². The number of hydrogen-bond acceptors (Lipinski definition) is 4. The molecule has 2 rings (SSSR count). The van der Waals surface area contributed by atoms with Crippen LogP contribution in [0.15, 0.2) is 29.4 Å². The lowest BCUT2D eigenvalue weighted by molar-refractivity contribution is 0.600. The second kappa shape index (κ2) is 6.28. The zero-order chi connectivity index (χ0) is 15.5. The summed E-state index contributed by atoms with van der Waals surface area (Å²) in [5.74, 6) is 0. The summed E-state index contributed by atoms with van der Waals surface area (Å²) in [5.41, 5.74) is 3.21. The number of aryl methyl sites for hydroxylation is 2. The molecule has 7 heteroatoms. The SMILES string of the molecule is CCNCc1cc(S(=O)(=O)Nc2cn[nH]c2)c(C)cc1C. The number of hydrogen-bond donors (Lipinski definition) is 3. The highest BCUT2D eigenvalue weighted by Crippen LogP contribution is 2.22. The Morgan fingerprint density at radius 2 is 2.00 bits per heavy atom. The lowest BCUT2D eigenvalue weighted by atomic mass is 10.1. The predicted molar refractivity (Wildman–Crippen MR) is 82.7 cm³/mol. The molecule has 0 saturated heterocycles. The van der Waals surface area contributed by atoms with E-state index in [0.29, 0.717) is 17.1 Å². The summed E-state index contributed by atoms with van der Waals surface area (Å²) in [5, 5.41) is 9.53. The number of nitrogens with zero attached hydrogens (tertiary/aromatic N) is 1. The first-order valence-corrected chi connectivity index (χ1v) is 8.25. The van der Waals surface area contributed by atoms with Gasteiger partial charge in [0.25, 0.3) is 10.0 Å². The molecule has 21 heavy (non-hydrogen) atoms. The first kappa shape index (κ1) is 15.5. The fourth-order valence-corrected chi connectivity index (χ4v) is 3.44. The van der Waals surface area contributed by atoms with Crippen molar-refractivity contribution >= 4 is 15.7 Å². The Morgan fingerprint density at radius 1 is 1.24 bits per heavy atom. The molecule has 0 aliphatic carbocycles. The van der Waals surface area contributed by atoms with Crippen molar-refractivity contribution in [2.45, 2.75) is 32.2 Å². The van der Waals surface area contributed by atoms with Gasteiger partial charge >= 0.3 is 0 Å². The number of rotatable bonds is 6. The highest BCUT2D eigenvalue weighted by atomic mass is 32.2. The summed E-state index contributed by atoms with van der Waals surface area (Å²) in [6.07, 6.45) is 2.93. The molecular weight excluding hydrogens is 288 g/mol. The van der Waals surface area contributed by atoms with Crippen molar-refractivity contribution < 1.29 is 8.42 Å². The number of sulfonamides is 1. The van der Waals surface area contributed by atoms with Crippen molar-refractivity contribution in [1.29, 1.82) is 0 Å². The fourth-order valence-electron chi connectivity index (χ4n) is 2.13. The lowest BCUT2D eigenvalue weighted by Crippen LogP contribution is -2.17. The van der Waals surface area contributed by atoms with Gasteiger partial charge in [0.05, 0.1) is 16.8 Å². The molecule has 1 heterocycles. The minimum atomic E-state index is -3.62. The van der Waals surface area contributed by atoms with Gasteiger partial charge < -0.3 is 5.32 Å². The summed E-state index contributed by atoms with van der Waals surface area (Å²) in [6, 6.07) is 3.63. The number of nitrogens with one attached hydrogen (secondary N) is 3. The van der Waals surface area contributed by atoms with Crippen LogP contribution in [0, 0.1) is 13.8 Å². The molecule has 0 atom stereocenters. The van der Waals surface area contributed by atoms with Crippen LogP contribution in [0.2, 0.25) is 0 Å². The molecule has 3 N–H and O–H groups in total. The Balaban J connectivity index is 2.37. The highest BCUT2D eigenvalue weighted by molar-refractivity contribution is 7.92. The molecule has 0 amide bonds. The van der Waals surface area contributed by atoms with Crippen LogP contribution in [0.25, 0.3) is 0 Å². The summed E-state index contributed by atoms with van der Waals surface area (Å²) >= 11 is 0. The lowest BCUT2D eigenvalue weighted by Gasteiger charge is -2.13. The van der Waals surface area contributed by atoms with Crippen molar-refractivity contribution in [2.75, 3.05) is 11.3 Å². The van der Waals surface area contributed by atoms with Gasteiger partial charge in [-0.15, -0.1) is 0 Å². The third-order valence-corrected chi connectivity index (χ3v) is 4.76. The maximum Gasteiger partial charge on any atom is 0.262 e. The molecular formula is C14H20N4O2S. The summed E-state index contributed by atoms with van der Waals surface area (Å²) in [6.45, 7) is 7.29. The van der Waals surface area contributed by atoms with E-state index in [2.05, 4.69) is 20.2 Å². The zero-order valence-corrected chi connectivity index (χ0v) is 13.2. The standard InChI is InChI=1S/C14H20N4O2S/c1-4-15-7-12-6-14(11(3)5-10(12)2)21(19,20)18-13-8-16-17-9-13/h5-6,8-9,15,18H,4,7H2,1-3H3,(H,16,17). The van der Waals surface area contributed by atoms with Crippen molar-refractivity contribution in [2.24, 2.45) is 0 Å². The molecule has 114 valence electrons. The molecule has 0 saturated carbocycles. The van der Waals surface area contributed by atoms with Gasteiger partial charge in [-0.25, -0.2) is 8.42 Å². The molecule has 1 aromatic heterocycles. The predicted octanol–water partition coefficient (Wildman–Crippen LogP) is 1.94. The monoisotopic (exact) mass is 308 g/mol. The second-order valence-electron chi connectivity index (χ2n) is 4.92. The number of anilines is 1. The number of aromatic amines is 1. The van der Waals surface area contributed by atoms with E-state index >= 15 is 0 Å². The quantitative estimate of drug-likeness (QED) is 0.761. The van der Waals surface area contributed by atoms with E-state index in [9.17, 15) is 8.42 Å². The van der Waals surface area contributed by atoms with Crippen molar-refractivity contribution in [3.05, 3.63) is 41.2 Å². The molecule has 0 fully saturated rings. The van der Waals surface area contributed by atoms with Gasteiger partial charge in [-0.3, -0.25) is 9.82 Å². The van der Waals surface area contributed by atoms with E-state index in [1.54, 1.807) is 13.0 Å². The number of benzene rings is 1. The van der Waals surface area contributed by atoms with Crippen LogP contribution in [-0.4, -0.2) is 25.2 Å². The molecule has 0 radical (unpaired) electrons. The minimum Gasteiger partial charge on any atom is -0.313 e. The maximum absolute atomic E-state index is 12.5. The van der Waals surface area contributed by atoms with E-state index in [1.807, 2.05) is 19.9 Å². The molecule has 6 nitrogen and oxygen atoms in total. The van der Waals surface area contributed by atoms with Crippen LogP contribution in [0.1, 0.15) is 23.6 Å². The molecule has 0 spiro atoms. The Labute approximate surface area is 125 Å². The summed E-state index contributed by atoms with van der Waals surface area (Å²) in [4.78, 5) is 0.294. The second-order valence-corrected chi connectivity index (χ2v) is 6.57. The minimum absolute atomic E-state index is 0.294. The molecule has 0 bridgehead atoms. The van der Waals surface area contributed by atoms with Crippen LogP contribution < -0.4 is 10.0 Å². The van der Waals surface area contributed by atoms with Gasteiger partial charge in [-0.1, -0.05) is 13.0 Å². The average Bonchev–Trinajstić information content (AvgIpc) is 2.89. The van der Waals surface area contributed by atoms with Gasteiger partial charge in [0.2, 0.25) is 0 Å². The average molecular weight is 308 g/mol. The van der Waals surface area contributed by atoms with E-state index in [-0.39, 0.29) is 0 Å². The Kier molecular flexibility index (Phi) is 4.64. The van der Waals surface area contributed by atoms with E-state index in [1.165, 1.54) is 12.4 Å². The van der Waals surface area contributed by atoms with Crippen LogP contribution in [0.4, 0.5) is 5.69 Å². The van der Waals surface area contributed by atoms with E-state index < -0.39 is 10.0 Å². The van der Waals surface area contributed by atoms with Gasteiger partial charge in [0, 0.05) is 12.7 Å². The Hall–Kier alpha value is -1.86. The third-order valence-electron chi connectivity index (χ3n) is 3.24. The van der Waals surface area contributed by atoms with Crippen molar-refractivity contribution in [3.8, 4) is 0 Å². The van der Waals surface area contributed by atoms with E-state index in [0.717, 1.165) is 23.2 Å². The first-order chi connectivity index (χ1) is 9.94. The van der Waals surface area contributed by atoms with Gasteiger partial charge in [0.1, 0.15) is 0 Å². The molecule has 0 aliphatic rings. The van der Waals surface area contributed by atoms with Gasteiger partial charge in [-0.2, -0.15) is 5.10 Å². The first-order valence-electron chi connectivity index (χ1n) is 6.76. The zero-order valence-electron chi connectivity index (χ0n) is 12.4. The summed E-state index contributed by atoms with van der Waals surface area (Å²) in [7, 11) is -3.62. The summed E-state index contributed by atoms with van der Waals surface area (Å²) < 4.78 is 27.5. The maximum atomic E-state index is 12.5. The number of H-pyrrole nitrogens is 1. The number of aromatic nitrogens is 2. The van der Waals surface area contributed by atoms with Gasteiger partial charge in [0.15, 0.2) is 0 Å². The van der Waals surface area contributed by atoms with Crippen molar-refractivity contribution in [3.63, 3.8) is 0 Å². The van der Waals surface area contributed by atoms with Gasteiger partial charge in [-0.05, 0) is 43.1 Å². The Bertz CT molecular complexity index is 709. The van der Waals surface area contributed by atoms with Crippen LogP contribution in [0.5, 0.6) is 0 Å². The molecule has 0 unspecified atom stereocenters. The highest BCUT2D eigenvalue weighted by Gasteiger charge is 2.19. The van der Waals surface area contributed by atoms with E-state index in [4.69, 9.17) is 0 Å². The largest absolute Gasteiger partial charge is 0.313 e. The van der Waals surface area contributed by atoms with Crippen LogP contribution >= 0.6 is 0 Å². The van der Waals surface area contributed by atoms with Crippen molar-refractivity contribution in [1.82, 2.24) is 15.5 Å². The Morgan fingerprint density at radius 3 is 2.62 bits per heavy atom. The third kappa shape index (κ3) is 3.62.